The van der Waals surface area contributed by atoms with Gasteiger partial charge in [0.2, 0.25) is 0 Å². The molecular weight excluding hydrogens is 308 g/mol. The number of aliphatic hydroxyl groups excluding tert-OH is 1. The van der Waals surface area contributed by atoms with Gasteiger partial charge in [0.05, 0.1) is 6.26 Å². The highest BCUT2D eigenvalue weighted by Crippen LogP contribution is 2.10. The van der Waals surface area contributed by atoms with E-state index < -0.39 is 5.91 Å². The minimum atomic E-state index is -0.405. The Kier molecular flexibility index (Phi) is 5.98. The molecule has 0 fully saturated rings. The number of carbonyl (C=O) groups is 1. The van der Waals surface area contributed by atoms with Crippen molar-refractivity contribution in [3.05, 3.63) is 57.4 Å². The summed E-state index contributed by atoms with van der Waals surface area (Å²) in [4.78, 5) is 25.0. The minimum Gasteiger partial charge on any atom is -0.469 e. The van der Waals surface area contributed by atoms with E-state index in [1.807, 2.05) is 26.0 Å². The number of aliphatic hydroxyl groups is 1. The Balaban J connectivity index is 2.11. The predicted octanol–water partition coefficient (Wildman–Crippen LogP) is 1.66. The van der Waals surface area contributed by atoms with Crippen LogP contribution in [0.3, 0.4) is 0 Å². The quantitative estimate of drug-likeness (QED) is 0.807. The van der Waals surface area contributed by atoms with E-state index in [2.05, 4.69) is 5.32 Å². The van der Waals surface area contributed by atoms with Crippen LogP contribution >= 0.6 is 0 Å². The fraction of sp³-hybridized carbons (Fsp3) is 0.444. The van der Waals surface area contributed by atoms with Crippen LogP contribution in [0.1, 0.15) is 34.3 Å². The van der Waals surface area contributed by atoms with Crippen LogP contribution in [0.2, 0.25) is 0 Å². The van der Waals surface area contributed by atoms with Crippen molar-refractivity contribution in [2.75, 3.05) is 13.2 Å². The summed E-state index contributed by atoms with van der Waals surface area (Å²) in [6.07, 6.45) is 2.10. The monoisotopic (exact) mass is 332 g/mol. The zero-order chi connectivity index (χ0) is 17.7. The normalized spacial score (nSPS) is 12.2. The van der Waals surface area contributed by atoms with Crippen molar-refractivity contribution in [1.82, 2.24) is 9.88 Å². The molecule has 0 aromatic carbocycles. The molecule has 0 bridgehead atoms. The Bertz CT molecular complexity index is 747. The Morgan fingerprint density at radius 3 is 2.75 bits per heavy atom. The van der Waals surface area contributed by atoms with Gasteiger partial charge in [-0.3, -0.25) is 9.59 Å². The van der Waals surface area contributed by atoms with Crippen LogP contribution in [0.15, 0.2) is 33.7 Å². The van der Waals surface area contributed by atoms with E-state index in [9.17, 15) is 14.7 Å². The topological polar surface area (TPSA) is 84.5 Å². The number of furan rings is 1. The number of aryl methyl sites for hydroxylation is 2. The predicted molar refractivity (Wildman–Crippen MR) is 91.2 cm³/mol. The first kappa shape index (κ1) is 18.0. The third kappa shape index (κ3) is 3.94. The highest BCUT2D eigenvalue weighted by molar-refractivity contribution is 5.95. The Hall–Kier alpha value is -2.34. The first-order valence-corrected chi connectivity index (χ1v) is 8.10. The average molecular weight is 332 g/mol. The molecule has 6 heteroatoms. The molecule has 2 aromatic heterocycles. The zero-order valence-corrected chi connectivity index (χ0v) is 14.3. The van der Waals surface area contributed by atoms with Gasteiger partial charge in [0, 0.05) is 37.7 Å². The lowest BCUT2D eigenvalue weighted by atomic mass is 10.0. The van der Waals surface area contributed by atoms with Gasteiger partial charge in [-0.1, -0.05) is 0 Å². The molecule has 0 aliphatic heterocycles. The second-order valence-corrected chi connectivity index (χ2v) is 5.94. The molecule has 2 aromatic rings. The van der Waals surface area contributed by atoms with Gasteiger partial charge in [0.15, 0.2) is 0 Å². The molecule has 24 heavy (non-hydrogen) atoms. The Morgan fingerprint density at radius 2 is 2.17 bits per heavy atom. The smallest absolute Gasteiger partial charge is 0.263 e. The van der Waals surface area contributed by atoms with E-state index in [-0.39, 0.29) is 30.2 Å². The SMILES string of the molecule is CCn1c(C)cc(C)c(C(=O)NC[C@@H](CO)Cc2ccco2)c1=O. The zero-order valence-electron chi connectivity index (χ0n) is 14.3. The van der Waals surface area contributed by atoms with Crippen LogP contribution in [0, 0.1) is 19.8 Å². The summed E-state index contributed by atoms with van der Waals surface area (Å²) in [7, 11) is 0. The maximum Gasteiger partial charge on any atom is 0.263 e. The lowest BCUT2D eigenvalue weighted by Crippen LogP contribution is -2.37. The van der Waals surface area contributed by atoms with Crippen molar-refractivity contribution in [1.29, 1.82) is 0 Å². The molecule has 130 valence electrons. The van der Waals surface area contributed by atoms with E-state index in [1.165, 1.54) is 0 Å². The summed E-state index contributed by atoms with van der Waals surface area (Å²) in [5.41, 5.74) is 1.38. The van der Waals surface area contributed by atoms with Gasteiger partial charge < -0.3 is 19.4 Å². The van der Waals surface area contributed by atoms with Crippen LogP contribution in [-0.4, -0.2) is 28.7 Å². The number of amides is 1. The summed E-state index contributed by atoms with van der Waals surface area (Å²) in [5.74, 6) is 0.181. The van der Waals surface area contributed by atoms with Crippen molar-refractivity contribution in [2.24, 2.45) is 5.92 Å². The number of carbonyl (C=O) groups excluding carboxylic acids is 1. The average Bonchev–Trinajstić information content (AvgIpc) is 3.04. The summed E-state index contributed by atoms with van der Waals surface area (Å²) in [6.45, 7) is 6.20. The van der Waals surface area contributed by atoms with Crippen molar-refractivity contribution in [2.45, 2.75) is 33.7 Å². The van der Waals surface area contributed by atoms with Gasteiger partial charge >= 0.3 is 0 Å². The molecule has 1 amide bonds. The lowest BCUT2D eigenvalue weighted by molar-refractivity contribution is 0.0936. The van der Waals surface area contributed by atoms with Crippen molar-refractivity contribution in [3.63, 3.8) is 0 Å². The van der Waals surface area contributed by atoms with E-state index in [4.69, 9.17) is 4.42 Å². The van der Waals surface area contributed by atoms with E-state index in [0.29, 0.717) is 18.5 Å². The number of nitrogens with one attached hydrogen (secondary N) is 1. The molecule has 0 aliphatic carbocycles. The number of pyridine rings is 1. The molecule has 0 radical (unpaired) electrons. The van der Waals surface area contributed by atoms with Crippen molar-refractivity contribution < 1.29 is 14.3 Å². The summed E-state index contributed by atoms with van der Waals surface area (Å²) in [5, 5.41) is 12.2. The van der Waals surface area contributed by atoms with Crippen LogP contribution < -0.4 is 10.9 Å². The maximum atomic E-state index is 12.5. The molecule has 0 saturated carbocycles. The molecular formula is C18H24N2O4. The van der Waals surface area contributed by atoms with E-state index in [1.54, 1.807) is 23.8 Å². The first-order valence-electron chi connectivity index (χ1n) is 8.10. The Morgan fingerprint density at radius 1 is 1.42 bits per heavy atom. The second-order valence-electron chi connectivity index (χ2n) is 5.94. The van der Waals surface area contributed by atoms with Crippen LogP contribution in [0.25, 0.3) is 0 Å². The van der Waals surface area contributed by atoms with Gasteiger partial charge in [-0.25, -0.2) is 0 Å². The fourth-order valence-corrected chi connectivity index (χ4v) is 2.84. The molecule has 2 N–H and O–H groups in total. The fourth-order valence-electron chi connectivity index (χ4n) is 2.84. The van der Waals surface area contributed by atoms with Crippen molar-refractivity contribution in [3.8, 4) is 0 Å². The summed E-state index contributed by atoms with van der Waals surface area (Å²) in [6, 6.07) is 5.45. The maximum absolute atomic E-state index is 12.5. The third-order valence-electron chi connectivity index (χ3n) is 4.13. The van der Waals surface area contributed by atoms with Gasteiger partial charge in [-0.2, -0.15) is 0 Å². The second kappa shape index (κ2) is 7.97. The summed E-state index contributed by atoms with van der Waals surface area (Å²) >= 11 is 0. The molecule has 1 atom stereocenters. The van der Waals surface area contributed by atoms with Gasteiger partial charge in [-0.15, -0.1) is 0 Å². The number of aromatic nitrogens is 1. The van der Waals surface area contributed by atoms with Crippen LogP contribution in [0.4, 0.5) is 0 Å². The largest absolute Gasteiger partial charge is 0.469 e. The number of hydrogen-bond donors (Lipinski definition) is 2. The minimum absolute atomic E-state index is 0.0763. The number of rotatable bonds is 7. The molecule has 2 heterocycles. The molecule has 6 nitrogen and oxygen atoms in total. The van der Waals surface area contributed by atoms with Crippen molar-refractivity contribution >= 4 is 5.91 Å². The van der Waals surface area contributed by atoms with Crippen LogP contribution in [0.5, 0.6) is 0 Å². The molecule has 0 unspecified atom stereocenters. The summed E-state index contributed by atoms with van der Waals surface area (Å²) < 4.78 is 6.84. The van der Waals surface area contributed by atoms with E-state index >= 15 is 0 Å². The molecule has 2 rings (SSSR count). The highest BCUT2D eigenvalue weighted by atomic mass is 16.3. The standard InChI is InChI=1S/C18H24N2O4/c1-4-20-13(3)8-12(2)16(18(20)23)17(22)19-10-14(11-21)9-15-6-5-7-24-15/h5-8,14,21H,4,9-11H2,1-3H3,(H,19,22)/t14-/m0/s1. The highest BCUT2D eigenvalue weighted by Gasteiger charge is 2.18. The van der Waals surface area contributed by atoms with Gasteiger partial charge in [0.25, 0.3) is 11.5 Å². The third-order valence-corrected chi connectivity index (χ3v) is 4.13. The van der Waals surface area contributed by atoms with Gasteiger partial charge in [0.1, 0.15) is 11.3 Å². The van der Waals surface area contributed by atoms with E-state index in [0.717, 1.165) is 11.5 Å². The molecule has 0 saturated heterocycles. The van der Waals surface area contributed by atoms with Crippen LogP contribution in [-0.2, 0) is 13.0 Å². The lowest BCUT2D eigenvalue weighted by Gasteiger charge is -2.16. The number of nitrogens with zero attached hydrogens (tertiary/aromatic N) is 1. The molecule has 0 aliphatic rings. The Labute approximate surface area is 141 Å². The first-order chi connectivity index (χ1) is 11.5. The number of hydrogen-bond acceptors (Lipinski definition) is 4. The molecule has 0 spiro atoms. The van der Waals surface area contributed by atoms with Gasteiger partial charge in [-0.05, 0) is 44.5 Å².